The maximum Gasteiger partial charge on any atom is 0.348 e. The van der Waals surface area contributed by atoms with E-state index in [2.05, 4.69) is 9.88 Å². The van der Waals surface area contributed by atoms with E-state index in [1.165, 1.54) is 10.5 Å². The van der Waals surface area contributed by atoms with Gasteiger partial charge in [0.2, 0.25) is 15.9 Å². The zero-order valence-electron chi connectivity index (χ0n) is 24.0. The molecule has 7 rings (SSSR count). The van der Waals surface area contributed by atoms with Gasteiger partial charge in [-0.25, -0.2) is 18.2 Å². The number of carbonyl (C=O) groups excluding carboxylic acids is 1. The summed E-state index contributed by atoms with van der Waals surface area (Å²) in [5.74, 6) is -0.800. The number of thiophene rings is 1. The van der Waals surface area contributed by atoms with Crippen LogP contribution in [0.25, 0.3) is 10.4 Å². The summed E-state index contributed by atoms with van der Waals surface area (Å²) >= 11 is 7.17. The van der Waals surface area contributed by atoms with Crippen LogP contribution in [-0.4, -0.2) is 79.1 Å². The number of carbonyl (C=O) groups is 2. The molecule has 0 spiro atoms. The number of benzene rings is 1. The van der Waals surface area contributed by atoms with E-state index < -0.39 is 27.9 Å². The molecule has 3 atom stereocenters. The summed E-state index contributed by atoms with van der Waals surface area (Å²) in [6, 6.07) is 11.9. The van der Waals surface area contributed by atoms with Crippen molar-refractivity contribution >= 4 is 56.3 Å². The number of hydrogen-bond donors (Lipinski definition) is 1. The van der Waals surface area contributed by atoms with Gasteiger partial charge in [0.15, 0.2) is 0 Å². The fourth-order valence-corrected chi connectivity index (χ4v) is 9.61. The highest BCUT2D eigenvalue weighted by molar-refractivity contribution is 7.89. The molecule has 0 unspecified atom stereocenters. The van der Waals surface area contributed by atoms with Crippen molar-refractivity contribution in [3.63, 3.8) is 0 Å². The number of pyridine rings is 1. The summed E-state index contributed by atoms with van der Waals surface area (Å²) < 4.78 is 34.8. The lowest BCUT2D eigenvalue weighted by Gasteiger charge is -2.44. The lowest BCUT2D eigenvalue weighted by Crippen LogP contribution is -2.60. The van der Waals surface area contributed by atoms with Crippen LogP contribution in [0.1, 0.15) is 48.2 Å². The van der Waals surface area contributed by atoms with Crippen LogP contribution in [0.4, 0.5) is 11.5 Å². The SMILES string of the molecule is O=C(O)c1sc(-c2ccc(Cl)cc2)cc1N1C(=O)CN(S(=O)(=O)c2ccc(N3C[C@H]4C[C@@H]3CO4)nc2)C[C@H]1C1CCCCC1. The van der Waals surface area contributed by atoms with E-state index in [0.717, 1.165) is 67.8 Å². The molecule has 232 valence electrons. The molecule has 1 saturated carbocycles. The van der Waals surface area contributed by atoms with E-state index in [0.29, 0.717) is 22.2 Å². The van der Waals surface area contributed by atoms with Crippen LogP contribution < -0.4 is 9.80 Å². The van der Waals surface area contributed by atoms with Crippen LogP contribution in [0, 0.1) is 5.92 Å². The maximum absolute atomic E-state index is 14.0. The Morgan fingerprint density at radius 1 is 1.07 bits per heavy atom. The number of anilines is 2. The van der Waals surface area contributed by atoms with Crippen molar-refractivity contribution in [1.82, 2.24) is 9.29 Å². The topological polar surface area (TPSA) is 120 Å². The summed E-state index contributed by atoms with van der Waals surface area (Å²) in [4.78, 5) is 35.5. The predicted octanol–water partition coefficient (Wildman–Crippen LogP) is 5.13. The van der Waals surface area contributed by atoms with Crippen molar-refractivity contribution in [2.45, 2.75) is 61.6 Å². The molecule has 2 aromatic heterocycles. The number of nitrogens with zero attached hydrogens (tertiary/aromatic N) is 4. The molecule has 13 heteroatoms. The molecule has 1 N–H and O–H groups in total. The maximum atomic E-state index is 14.0. The van der Waals surface area contributed by atoms with Crippen molar-refractivity contribution in [2.75, 3.05) is 36.0 Å². The minimum Gasteiger partial charge on any atom is -0.477 e. The van der Waals surface area contributed by atoms with E-state index in [4.69, 9.17) is 16.3 Å². The number of carboxylic acids is 1. The molecule has 3 aliphatic heterocycles. The fraction of sp³-hybridized carbons (Fsp3) is 0.452. The fourth-order valence-electron chi connectivity index (χ4n) is 7.14. The van der Waals surface area contributed by atoms with Gasteiger partial charge in [-0.1, -0.05) is 43.0 Å². The number of hydrogen-bond acceptors (Lipinski definition) is 8. The average Bonchev–Trinajstić information content (AvgIpc) is 3.78. The first-order chi connectivity index (χ1) is 21.2. The van der Waals surface area contributed by atoms with E-state index in [1.807, 2.05) is 12.1 Å². The normalized spacial score (nSPS) is 24.8. The molecular weight excluding hydrogens is 624 g/mol. The largest absolute Gasteiger partial charge is 0.477 e. The molecule has 0 radical (unpaired) electrons. The zero-order chi connectivity index (χ0) is 30.6. The standard InChI is InChI=1S/C31H33ClN4O6S2/c32-21-8-6-20(7-9-21)27-13-25(30(43-27)31(38)39)36-26(19-4-2-1-3-5-19)16-34(17-29(36)37)44(40,41)24-10-11-28(33-14-24)35-15-23-12-22(35)18-42-23/h6-11,13-14,19,22-23,26H,1-5,12,15-18H2,(H,38,39)/t22-,23-,26+/m1/s1. The molecule has 44 heavy (non-hydrogen) atoms. The van der Waals surface area contributed by atoms with Crippen molar-refractivity contribution in [1.29, 1.82) is 0 Å². The van der Waals surface area contributed by atoms with Crippen molar-refractivity contribution in [3.05, 3.63) is 58.6 Å². The van der Waals surface area contributed by atoms with Gasteiger partial charge < -0.3 is 19.6 Å². The molecule has 5 heterocycles. The van der Waals surface area contributed by atoms with Gasteiger partial charge in [-0.05, 0) is 61.1 Å². The summed E-state index contributed by atoms with van der Waals surface area (Å²) in [6.07, 6.45) is 7.26. The van der Waals surface area contributed by atoms with Crippen LogP contribution in [-0.2, 0) is 19.6 Å². The van der Waals surface area contributed by atoms with E-state index >= 15 is 0 Å². The second-order valence-corrected chi connectivity index (χ2v) is 15.4. The molecular formula is C31H33ClN4O6S2. The van der Waals surface area contributed by atoms with Gasteiger partial charge in [-0.2, -0.15) is 4.31 Å². The quantitative estimate of drug-likeness (QED) is 0.372. The van der Waals surface area contributed by atoms with Crippen LogP contribution in [0.5, 0.6) is 0 Å². The average molecular weight is 657 g/mol. The summed E-state index contributed by atoms with van der Waals surface area (Å²) in [6.45, 7) is 1.09. The molecule has 4 fully saturated rings. The van der Waals surface area contributed by atoms with Gasteiger partial charge >= 0.3 is 5.97 Å². The number of aromatic nitrogens is 1. The second kappa shape index (κ2) is 11.7. The Bertz CT molecular complexity index is 1670. The number of sulfonamides is 1. The Morgan fingerprint density at radius 2 is 1.84 bits per heavy atom. The van der Waals surface area contributed by atoms with Crippen molar-refractivity contribution < 1.29 is 27.9 Å². The van der Waals surface area contributed by atoms with Crippen molar-refractivity contribution in [2.24, 2.45) is 5.92 Å². The van der Waals surface area contributed by atoms with Gasteiger partial charge in [-0.3, -0.25) is 4.79 Å². The third-order valence-corrected chi connectivity index (χ3v) is 12.6. The molecule has 4 aliphatic rings. The molecule has 3 aromatic rings. The first-order valence-electron chi connectivity index (χ1n) is 15.0. The smallest absolute Gasteiger partial charge is 0.348 e. The Hall–Kier alpha value is -3.03. The number of aromatic carboxylic acids is 1. The first-order valence-corrected chi connectivity index (χ1v) is 17.6. The highest BCUT2D eigenvalue weighted by atomic mass is 35.5. The Labute approximate surface area is 265 Å². The van der Waals surface area contributed by atoms with E-state index in [9.17, 15) is 23.1 Å². The van der Waals surface area contributed by atoms with Crippen LogP contribution in [0.15, 0.2) is 53.6 Å². The third kappa shape index (κ3) is 5.40. The molecule has 3 saturated heterocycles. The van der Waals surface area contributed by atoms with Gasteiger partial charge in [0, 0.05) is 29.2 Å². The van der Waals surface area contributed by atoms with Gasteiger partial charge in [-0.15, -0.1) is 11.3 Å². The minimum atomic E-state index is -4.04. The Morgan fingerprint density at radius 3 is 2.48 bits per heavy atom. The highest BCUT2D eigenvalue weighted by Crippen LogP contribution is 2.42. The highest BCUT2D eigenvalue weighted by Gasteiger charge is 2.45. The third-order valence-electron chi connectivity index (χ3n) is 9.34. The number of morpholine rings is 1. The molecule has 10 nitrogen and oxygen atoms in total. The first kappa shape index (κ1) is 29.7. The Kier molecular flexibility index (Phi) is 7.90. The summed E-state index contributed by atoms with van der Waals surface area (Å²) in [5.41, 5.74) is 1.11. The Balaban J connectivity index is 1.20. The monoisotopic (exact) mass is 656 g/mol. The molecule has 1 amide bonds. The van der Waals surface area contributed by atoms with Crippen LogP contribution in [0.3, 0.4) is 0 Å². The number of rotatable bonds is 7. The minimum absolute atomic E-state index is 0.0392. The zero-order valence-corrected chi connectivity index (χ0v) is 26.4. The lowest BCUT2D eigenvalue weighted by atomic mass is 9.82. The summed E-state index contributed by atoms with van der Waals surface area (Å²) in [7, 11) is -4.04. The van der Waals surface area contributed by atoms with Gasteiger partial charge in [0.25, 0.3) is 0 Å². The van der Waals surface area contributed by atoms with E-state index in [1.54, 1.807) is 35.2 Å². The number of carboxylic acid groups (broad SMARTS) is 1. The van der Waals surface area contributed by atoms with Crippen LogP contribution in [0.2, 0.25) is 5.02 Å². The van der Waals surface area contributed by atoms with Gasteiger partial charge in [0.1, 0.15) is 15.6 Å². The number of amides is 1. The second-order valence-electron chi connectivity index (χ2n) is 12.0. The molecule has 2 bridgehead atoms. The molecule has 1 aromatic carbocycles. The molecule has 1 aliphatic carbocycles. The van der Waals surface area contributed by atoms with E-state index in [-0.39, 0.29) is 40.9 Å². The van der Waals surface area contributed by atoms with Crippen molar-refractivity contribution in [3.8, 4) is 10.4 Å². The number of ether oxygens (including phenoxy) is 1. The summed E-state index contributed by atoms with van der Waals surface area (Å²) in [5, 5.41) is 10.7. The lowest BCUT2D eigenvalue weighted by molar-refractivity contribution is -0.121. The number of piperazine rings is 1. The number of halogens is 1. The van der Waals surface area contributed by atoms with Crippen LogP contribution >= 0.6 is 22.9 Å². The van der Waals surface area contributed by atoms with Gasteiger partial charge in [0.05, 0.1) is 37.0 Å². The number of fused-ring (bicyclic) bond motifs is 2. The predicted molar refractivity (Wildman–Crippen MR) is 168 cm³/mol.